The number of hydroxylamine groups is 2. The van der Waals surface area contributed by atoms with Crippen molar-refractivity contribution in [2.45, 2.75) is 97.8 Å². The van der Waals surface area contributed by atoms with Crippen LogP contribution in [0.1, 0.15) is 119 Å². The van der Waals surface area contributed by atoms with Gasteiger partial charge < -0.3 is 9.94 Å². The summed E-state index contributed by atoms with van der Waals surface area (Å²) in [5.74, 6) is -0.686. The summed E-state index contributed by atoms with van der Waals surface area (Å²) in [7, 11) is 0. The van der Waals surface area contributed by atoms with Gasteiger partial charge in [0.25, 0.3) is 0 Å². The van der Waals surface area contributed by atoms with E-state index in [9.17, 15) is 14.7 Å². The van der Waals surface area contributed by atoms with Crippen LogP contribution in [-0.2, 0) is 4.79 Å². The fourth-order valence-corrected chi connectivity index (χ4v) is 4.14. The number of carboxylic acids is 1. The van der Waals surface area contributed by atoms with Crippen molar-refractivity contribution < 1.29 is 19.5 Å². The van der Waals surface area contributed by atoms with Crippen LogP contribution in [0.15, 0.2) is 18.3 Å². The average molecular weight is 444 g/mol. The molecule has 0 fully saturated rings. The van der Waals surface area contributed by atoms with Gasteiger partial charge in [-0.25, -0.2) is 5.06 Å². The number of benzene rings is 1. The number of carbonyl (C=O) groups is 2. The highest BCUT2D eigenvalue weighted by molar-refractivity contribution is 6.00. The van der Waals surface area contributed by atoms with E-state index in [0.29, 0.717) is 12.0 Å². The van der Waals surface area contributed by atoms with E-state index in [-0.39, 0.29) is 18.1 Å². The standard InChI is InChI=1S/C27H41NO4/c1-5-7-9-11-13-22(27(30)31)18-25(29)24-17-21-14-16-28(15-12-10-8-6-2)32-26(21)19-23(24)20(3)4/h14,16-17,19-20,22H,5-13,15,18H2,1-4H3,(H,30,31). The molecule has 0 bridgehead atoms. The van der Waals surface area contributed by atoms with Crippen LogP contribution in [0, 0.1) is 5.92 Å². The first-order chi connectivity index (χ1) is 15.4. The highest BCUT2D eigenvalue weighted by Gasteiger charge is 2.25. The Balaban J connectivity index is 2.13. The Morgan fingerprint density at radius 3 is 2.31 bits per heavy atom. The molecule has 1 unspecified atom stereocenters. The van der Waals surface area contributed by atoms with Gasteiger partial charge in [-0.1, -0.05) is 72.6 Å². The van der Waals surface area contributed by atoms with Crippen molar-refractivity contribution in [3.05, 3.63) is 35.0 Å². The number of hydrogen-bond acceptors (Lipinski definition) is 4. The predicted molar refractivity (Wildman–Crippen MR) is 130 cm³/mol. The smallest absolute Gasteiger partial charge is 0.306 e. The van der Waals surface area contributed by atoms with E-state index >= 15 is 0 Å². The molecule has 5 nitrogen and oxygen atoms in total. The summed E-state index contributed by atoms with van der Waals surface area (Å²) in [4.78, 5) is 31.0. The summed E-state index contributed by atoms with van der Waals surface area (Å²) in [6.07, 6.45) is 13.3. The van der Waals surface area contributed by atoms with Gasteiger partial charge in [0.05, 0.1) is 12.5 Å². The van der Waals surface area contributed by atoms with Crippen LogP contribution >= 0.6 is 0 Å². The van der Waals surface area contributed by atoms with E-state index in [1.54, 1.807) is 0 Å². The Hall–Kier alpha value is -2.30. The Labute approximate surface area is 193 Å². The van der Waals surface area contributed by atoms with Gasteiger partial charge in [0.2, 0.25) is 0 Å². The largest absolute Gasteiger partial charge is 0.481 e. The average Bonchev–Trinajstić information content (AvgIpc) is 2.77. The molecule has 0 amide bonds. The molecule has 0 radical (unpaired) electrons. The number of aliphatic carboxylic acids is 1. The maximum Gasteiger partial charge on any atom is 0.306 e. The van der Waals surface area contributed by atoms with Crippen LogP contribution in [0.25, 0.3) is 6.08 Å². The fourth-order valence-electron chi connectivity index (χ4n) is 4.14. The van der Waals surface area contributed by atoms with Crippen molar-refractivity contribution in [1.29, 1.82) is 0 Å². The number of Topliss-reactive ketones (excluding diaryl/α,β-unsaturated/α-hetero) is 1. The molecule has 0 saturated heterocycles. The minimum atomic E-state index is -0.874. The number of fused-ring (bicyclic) bond motifs is 1. The number of nitrogens with zero attached hydrogens (tertiary/aromatic N) is 1. The van der Waals surface area contributed by atoms with Gasteiger partial charge in [-0.3, -0.25) is 9.59 Å². The van der Waals surface area contributed by atoms with Gasteiger partial charge in [-0.2, -0.15) is 0 Å². The highest BCUT2D eigenvalue weighted by Crippen LogP contribution is 2.34. The molecule has 1 aromatic carbocycles. The zero-order valence-electron chi connectivity index (χ0n) is 20.4. The fraction of sp³-hybridized carbons (Fsp3) is 0.630. The van der Waals surface area contributed by atoms with E-state index in [0.717, 1.165) is 55.5 Å². The lowest BCUT2D eigenvalue weighted by Crippen LogP contribution is -2.25. The summed E-state index contributed by atoms with van der Waals surface area (Å²) in [5.41, 5.74) is 2.42. The molecule has 32 heavy (non-hydrogen) atoms. The van der Waals surface area contributed by atoms with Gasteiger partial charge in [0, 0.05) is 23.7 Å². The summed E-state index contributed by atoms with van der Waals surface area (Å²) >= 11 is 0. The molecule has 0 aromatic heterocycles. The monoisotopic (exact) mass is 443 g/mol. The van der Waals surface area contributed by atoms with E-state index in [2.05, 4.69) is 27.7 Å². The molecule has 1 aliphatic heterocycles. The third-order valence-electron chi connectivity index (χ3n) is 6.16. The molecule has 1 heterocycles. The van der Waals surface area contributed by atoms with Crippen molar-refractivity contribution in [2.75, 3.05) is 6.54 Å². The summed E-state index contributed by atoms with van der Waals surface area (Å²) in [5, 5.41) is 11.5. The number of rotatable bonds is 15. The second-order valence-electron chi connectivity index (χ2n) is 9.25. The first-order valence-electron chi connectivity index (χ1n) is 12.4. The zero-order valence-corrected chi connectivity index (χ0v) is 20.4. The Morgan fingerprint density at radius 2 is 1.69 bits per heavy atom. The Morgan fingerprint density at radius 1 is 1.00 bits per heavy atom. The van der Waals surface area contributed by atoms with Gasteiger partial charge in [0.1, 0.15) is 0 Å². The van der Waals surface area contributed by atoms with Gasteiger partial charge in [0.15, 0.2) is 11.5 Å². The topological polar surface area (TPSA) is 66.8 Å². The molecule has 1 atom stereocenters. The van der Waals surface area contributed by atoms with Crippen LogP contribution in [0.3, 0.4) is 0 Å². The van der Waals surface area contributed by atoms with Gasteiger partial charge in [-0.15, -0.1) is 0 Å². The number of carbonyl (C=O) groups excluding carboxylic acids is 1. The van der Waals surface area contributed by atoms with Crippen LogP contribution in [0.5, 0.6) is 5.75 Å². The Kier molecular flexibility index (Phi) is 10.8. The Bertz CT molecular complexity index is 784. The maximum absolute atomic E-state index is 13.2. The number of carboxylic acid groups (broad SMARTS) is 1. The predicted octanol–water partition coefficient (Wildman–Crippen LogP) is 7.21. The van der Waals surface area contributed by atoms with Crippen LogP contribution in [-0.4, -0.2) is 28.5 Å². The first kappa shape index (κ1) is 26.0. The molecule has 1 aliphatic rings. The normalized spacial score (nSPS) is 13.7. The van der Waals surface area contributed by atoms with Gasteiger partial charge in [-0.05, 0) is 42.5 Å². The molecule has 1 N–H and O–H groups in total. The SMILES string of the molecule is CCCCCCC(CC(=O)c1cc2c(cc1C(C)C)ON(CCCCCC)C=C2)C(=O)O. The highest BCUT2D eigenvalue weighted by atomic mass is 16.7. The third kappa shape index (κ3) is 7.68. The maximum atomic E-state index is 13.2. The molecule has 5 heteroatoms. The van der Waals surface area contributed by atoms with Crippen molar-refractivity contribution in [1.82, 2.24) is 5.06 Å². The van der Waals surface area contributed by atoms with Crippen molar-refractivity contribution >= 4 is 17.8 Å². The molecule has 1 aromatic rings. The number of unbranched alkanes of at least 4 members (excludes halogenated alkanes) is 6. The first-order valence-corrected chi connectivity index (χ1v) is 12.4. The summed E-state index contributed by atoms with van der Waals surface area (Å²) in [6, 6.07) is 3.85. The van der Waals surface area contributed by atoms with Crippen molar-refractivity contribution in [3.63, 3.8) is 0 Å². The van der Waals surface area contributed by atoms with Crippen LogP contribution in [0.4, 0.5) is 0 Å². The van der Waals surface area contributed by atoms with Crippen molar-refractivity contribution in [3.8, 4) is 5.75 Å². The van der Waals surface area contributed by atoms with E-state index in [1.807, 2.05) is 29.5 Å². The van der Waals surface area contributed by atoms with E-state index in [4.69, 9.17) is 4.84 Å². The molecule has 0 spiro atoms. The molecular weight excluding hydrogens is 402 g/mol. The minimum absolute atomic E-state index is 0.0497. The number of ketones is 1. The molecule has 0 saturated carbocycles. The van der Waals surface area contributed by atoms with Crippen LogP contribution < -0.4 is 4.84 Å². The lowest BCUT2D eigenvalue weighted by atomic mass is 9.87. The van der Waals surface area contributed by atoms with Crippen molar-refractivity contribution in [2.24, 2.45) is 5.92 Å². The lowest BCUT2D eigenvalue weighted by molar-refractivity contribution is -0.141. The quantitative estimate of drug-likeness (QED) is 0.229. The molecule has 178 valence electrons. The van der Waals surface area contributed by atoms with E-state index in [1.165, 1.54) is 19.3 Å². The lowest BCUT2D eigenvalue weighted by Gasteiger charge is -2.27. The van der Waals surface area contributed by atoms with Crippen LogP contribution in [0.2, 0.25) is 0 Å². The molecular formula is C27H41NO4. The third-order valence-corrected chi connectivity index (χ3v) is 6.16. The minimum Gasteiger partial charge on any atom is -0.481 e. The summed E-state index contributed by atoms with van der Waals surface area (Å²) < 4.78 is 0. The molecule has 0 aliphatic carbocycles. The second-order valence-corrected chi connectivity index (χ2v) is 9.25. The van der Waals surface area contributed by atoms with E-state index < -0.39 is 11.9 Å². The number of hydrogen-bond donors (Lipinski definition) is 1. The zero-order chi connectivity index (χ0) is 23.5. The molecule has 2 rings (SSSR count). The summed E-state index contributed by atoms with van der Waals surface area (Å²) in [6.45, 7) is 9.28. The second kappa shape index (κ2) is 13.3. The van der Waals surface area contributed by atoms with Gasteiger partial charge >= 0.3 is 5.97 Å².